The zero-order chi connectivity index (χ0) is 15.0. The molecule has 1 aromatic carbocycles. The Hall–Kier alpha value is -1.53. The van der Waals surface area contributed by atoms with Gasteiger partial charge in [-0.05, 0) is 50.3 Å². The first-order chi connectivity index (χ1) is 9.50. The number of nitrogens with zero attached hydrogens (tertiary/aromatic N) is 1. The smallest absolute Gasteiger partial charge is 0.320 e. The summed E-state index contributed by atoms with van der Waals surface area (Å²) in [4.78, 5) is 11.7. The highest BCUT2D eigenvalue weighted by molar-refractivity contribution is 7.97. The second kappa shape index (κ2) is 8.60. The first-order valence-corrected chi connectivity index (χ1v) is 7.32. The summed E-state index contributed by atoms with van der Waals surface area (Å²) in [5, 5.41) is 16.5. The molecule has 0 aliphatic heterocycles. The van der Waals surface area contributed by atoms with Gasteiger partial charge in [-0.3, -0.25) is 10.2 Å². The molecule has 1 unspecified atom stereocenters. The lowest BCUT2D eigenvalue weighted by atomic mass is 10.1. The summed E-state index contributed by atoms with van der Waals surface area (Å²) in [6.45, 7) is 2.46. The number of amidine groups is 1. The Bertz CT molecular complexity index is 439. The number of hydrogen-bond donors (Lipinski definition) is 3. The van der Waals surface area contributed by atoms with Gasteiger partial charge in [-0.25, -0.2) is 0 Å². The van der Waals surface area contributed by atoms with E-state index in [1.165, 1.54) is 11.9 Å². The molecule has 0 bridgehead atoms. The van der Waals surface area contributed by atoms with Crippen molar-refractivity contribution in [3.8, 4) is 0 Å². The Morgan fingerprint density at radius 3 is 2.60 bits per heavy atom. The van der Waals surface area contributed by atoms with Gasteiger partial charge in [0, 0.05) is 11.4 Å². The van der Waals surface area contributed by atoms with E-state index in [0.29, 0.717) is 18.8 Å². The van der Waals surface area contributed by atoms with Gasteiger partial charge in [-0.2, -0.15) is 0 Å². The second-order valence-electron chi connectivity index (χ2n) is 4.53. The van der Waals surface area contributed by atoms with E-state index in [-0.39, 0.29) is 0 Å². The lowest BCUT2D eigenvalue weighted by Crippen LogP contribution is -2.30. The molecule has 6 heteroatoms. The topological polar surface area (TPSA) is 90.4 Å². The molecule has 4 N–H and O–H groups in total. The van der Waals surface area contributed by atoms with Crippen molar-refractivity contribution < 1.29 is 9.90 Å². The normalized spacial score (nSPS) is 11.9. The first kappa shape index (κ1) is 16.5. The van der Waals surface area contributed by atoms with Gasteiger partial charge in [0.05, 0.1) is 0 Å². The van der Waals surface area contributed by atoms with Gasteiger partial charge < -0.3 is 15.1 Å². The maximum absolute atomic E-state index is 10.6. The Kier molecular flexibility index (Phi) is 7.11. The van der Waals surface area contributed by atoms with Gasteiger partial charge in [-0.15, -0.1) is 0 Å². The van der Waals surface area contributed by atoms with E-state index in [4.69, 9.17) is 16.2 Å². The quantitative estimate of drug-likeness (QED) is 0.297. The Morgan fingerprint density at radius 1 is 1.40 bits per heavy atom. The highest BCUT2D eigenvalue weighted by Gasteiger charge is 2.12. The Balaban J connectivity index is 2.37. The van der Waals surface area contributed by atoms with Gasteiger partial charge in [0.25, 0.3) is 0 Å². The fraction of sp³-hybridized carbons (Fsp3) is 0.429. The summed E-state index contributed by atoms with van der Waals surface area (Å²) < 4.78 is 1.90. The van der Waals surface area contributed by atoms with Crippen molar-refractivity contribution in [2.24, 2.45) is 5.73 Å². The molecule has 5 nitrogen and oxygen atoms in total. The van der Waals surface area contributed by atoms with Crippen LogP contribution in [0.2, 0.25) is 0 Å². The van der Waals surface area contributed by atoms with Gasteiger partial charge in [0.15, 0.2) is 0 Å². The number of hydrogen-bond acceptors (Lipinski definition) is 4. The summed E-state index contributed by atoms with van der Waals surface area (Å²) in [5.41, 5.74) is 5.46. The van der Waals surface area contributed by atoms with Crippen molar-refractivity contribution in [3.63, 3.8) is 0 Å². The van der Waals surface area contributed by atoms with Crippen LogP contribution in [0.5, 0.6) is 0 Å². The molecule has 0 saturated carbocycles. The van der Waals surface area contributed by atoms with Crippen LogP contribution >= 0.6 is 11.9 Å². The summed E-state index contributed by atoms with van der Waals surface area (Å²) in [6, 6.07) is 9.10. The number of rotatable bonds is 8. The molecule has 0 aliphatic carbocycles. The maximum atomic E-state index is 10.6. The molecular weight excluding hydrogens is 274 g/mol. The zero-order valence-corrected chi connectivity index (χ0v) is 12.4. The summed E-state index contributed by atoms with van der Waals surface area (Å²) in [7, 11) is 0. The molecule has 20 heavy (non-hydrogen) atoms. The van der Waals surface area contributed by atoms with E-state index in [2.05, 4.69) is 0 Å². The number of benzene rings is 1. The lowest BCUT2D eigenvalue weighted by molar-refractivity contribution is -0.138. The molecule has 0 amide bonds. The van der Waals surface area contributed by atoms with Crippen LogP contribution in [0.3, 0.4) is 0 Å². The predicted octanol–water partition coefficient (Wildman–Crippen LogP) is 2.58. The summed E-state index contributed by atoms with van der Waals surface area (Å²) in [6.07, 6.45) is 2.03. The summed E-state index contributed by atoms with van der Waals surface area (Å²) in [5.74, 6) is -0.467. The largest absolute Gasteiger partial charge is 0.480 e. The van der Waals surface area contributed by atoms with Crippen LogP contribution in [0, 0.1) is 5.41 Å². The molecule has 0 radical (unpaired) electrons. The minimum absolute atomic E-state index is 0.468. The van der Waals surface area contributed by atoms with Crippen LogP contribution in [0.15, 0.2) is 35.2 Å². The van der Waals surface area contributed by atoms with Gasteiger partial charge in [0.1, 0.15) is 11.9 Å². The summed E-state index contributed by atoms with van der Waals surface area (Å²) >= 11 is 1.52. The van der Waals surface area contributed by atoms with Crippen molar-refractivity contribution in [3.05, 3.63) is 30.3 Å². The van der Waals surface area contributed by atoms with Crippen molar-refractivity contribution in [1.29, 1.82) is 5.41 Å². The SMILES string of the molecule is CC(=N)N(CCCCC(N)C(=O)O)Sc1ccccc1. The van der Waals surface area contributed by atoms with Crippen LogP contribution in [0.1, 0.15) is 26.2 Å². The van der Waals surface area contributed by atoms with Crippen LogP contribution < -0.4 is 5.73 Å². The number of carboxylic acid groups (broad SMARTS) is 1. The van der Waals surface area contributed by atoms with Crippen molar-refractivity contribution in [2.45, 2.75) is 37.1 Å². The molecule has 0 aliphatic rings. The van der Waals surface area contributed by atoms with Crippen molar-refractivity contribution >= 4 is 23.8 Å². The fourth-order valence-corrected chi connectivity index (χ4v) is 2.52. The Morgan fingerprint density at radius 2 is 2.05 bits per heavy atom. The van der Waals surface area contributed by atoms with E-state index in [1.54, 1.807) is 6.92 Å². The fourth-order valence-electron chi connectivity index (χ4n) is 1.63. The van der Waals surface area contributed by atoms with Crippen LogP contribution in [0.4, 0.5) is 0 Å². The van der Waals surface area contributed by atoms with E-state index < -0.39 is 12.0 Å². The van der Waals surface area contributed by atoms with Gasteiger partial charge in [-0.1, -0.05) is 18.2 Å². The van der Waals surface area contributed by atoms with Crippen molar-refractivity contribution in [1.82, 2.24) is 4.31 Å². The number of aliphatic carboxylic acids is 1. The van der Waals surface area contributed by atoms with E-state index >= 15 is 0 Å². The molecule has 1 rings (SSSR count). The molecule has 0 spiro atoms. The van der Waals surface area contributed by atoms with Gasteiger partial charge >= 0.3 is 5.97 Å². The van der Waals surface area contributed by atoms with E-state index in [0.717, 1.165) is 17.7 Å². The number of carbonyl (C=O) groups is 1. The molecule has 0 fully saturated rings. The Labute approximate surface area is 123 Å². The second-order valence-corrected chi connectivity index (χ2v) is 5.63. The molecule has 110 valence electrons. The van der Waals surface area contributed by atoms with Crippen LogP contribution in [0.25, 0.3) is 0 Å². The van der Waals surface area contributed by atoms with Crippen LogP contribution in [-0.4, -0.2) is 33.8 Å². The third-order valence-electron chi connectivity index (χ3n) is 2.78. The number of unbranched alkanes of at least 4 members (excludes halogenated alkanes) is 1. The third kappa shape index (κ3) is 6.08. The van der Waals surface area contributed by atoms with Gasteiger partial charge in [0.2, 0.25) is 0 Å². The highest BCUT2D eigenvalue weighted by Crippen LogP contribution is 2.23. The lowest BCUT2D eigenvalue weighted by Gasteiger charge is -2.21. The number of nitrogens with one attached hydrogen (secondary N) is 1. The molecule has 0 heterocycles. The molecular formula is C14H21N3O2S. The highest BCUT2D eigenvalue weighted by atomic mass is 32.2. The number of carboxylic acids is 1. The molecule has 1 atom stereocenters. The standard InChI is InChI=1S/C14H21N3O2S/c1-11(15)17(20-12-7-3-2-4-8-12)10-6-5-9-13(16)14(18)19/h2-4,7-8,13,15H,5-6,9-10,16H2,1H3,(H,18,19). The third-order valence-corrected chi connectivity index (χ3v) is 3.94. The maximum Gasteiger partial charge on any atom is 0.320 e. The predicted molar refractivity (Wildman–Crippen MR) is 81.9 cm³/mol. The minimum atomic E-state index is -0.955. The van der Waals surface area contributed by atoms with E-state index in [1.807, 2.05) is 34.6 Å². The molecule has 0 saturated heterocycles. The van der Waals surface area contributed by atoms with Crippen LogP contribution in [-0.2, 0) is 4.79 Å². The molecule has 1 aromatic rings. The van der Waals surface area contributed by atoms with E-state index in [9.17, 15) is 4.79 Å². The first-order valence-electron chi connectivity index (χ1n) is 6.55. The monoisotopic (exact) mass is 295 g/mol. The number of nitrogens with two attached hydrogens (primary N) is 1. The van der Waals surface area contributed by atoms with Crippen molar-refractivity contribution in [2.75, 3.05) is 6.54 Å². The molecule has 0 aromatic heterocycles. The minimum Gasteiger partial charge on any atom is -0.480 e. The average molecular weight is 295 g/mol. The zero-order valence-electron chi connectivity index (χ0n) is 11.6. The average Bonchev–Trinajstić information content (AvgIpc) is 2.42.